The van der Waals surface area contributed by atoms with Gasteiger partial charge in [-0.2, -0.15) is 0 Å². The fourth-order valence-electron chi connectivity index (χ4n) is 3.49. The molecule has 8 heteroatoms. The van der Waals surface area contributed by atoms with Crippen LogP contribution in [0.25, 0.3) is 22.2 Å². The van der Waals surface area contributed by atoms with Crippen molar-refractivity contribution < 1.29 is 4.79 Å². The Hall–Kier alpha value is -2.80. The van der Waals surface area contributed by atoms with E-state index in [2.05, 4.69) is 10.4 Å². The Morgan fingerprint density at radius 3 is 2.58 bits per heavy atom. The Morgan fingerprint density at radius 2 is 1.92 bits per heavy atom. The van der Waals surface area contributed by atoms with E-state index in [1.807, 2.05) is 0 Å². The van der Waals surface area contributed by atoms with Crippen molar-refractivity contribution in [1.29, 1.82) is 0 Å². The second kappa shape index (κ2) is 6.17. The van der Waals surface area contributed by atoms with Crippen LogP contribution in [0.5, 0.6) is 0 Å². The number of rotatable bonds is 3. The lowest BCUT2D eigenvalue weighted by Crippen LogP contribution is -2.27. The van der Waals surface area contributed by atoms with Crippen molar-refractivity contribution in [2.75, 3.05) is 6.54 Å². The van der Waals surface area contributed by atoms with Crippen LogP contribution >= 0.6 is 11.6 Å². The summed E-state index contributed by atoms with van der Waals surface area (Å²) in [6.07, 6.45) is 0.371. The summed E-state index contributed by atoms with van der Waals surface area (Å²) in [6.45, 7) is 0.883. The SMILES string of the molecule is Cn1[nH]c2cc(=O)n(CC3CNC(=O)C3)c(-c3ccc(Cl)cc3)c2c1=O. The second-order valence-corrected chi connectivity index (χ2v) is 7.02. The van der Waals surface area contributed by atoms with E-state index in [1.165, 1.54) is 10.7 Å². The van der Waals surface area contributed by atoms with Gasteiger partial charge in [0.15, 0.2) is 0 Å². The molecule has 2 aromatic heterocycles. The van der Waals surface area contributed by atoms with Crippen LogP contribution in [0.3, 0.4) is 0 Å². The molecular formula is C18H17ClN4O3. The number of amides is 1. The Balaban J connectivity index is 1.98. The number of hydrogen-bond acceptors (Lipinski definition) is 3. The highest BCUT2D eigenvalue weighted by Gasteiger charge is 2.25. The summed E-state index contributed by atoms with van der Waals surface area (Å²) in [5, 5.41) is 6.72. The van der Waals surface area contributed by atoms with Crippen molar-refractivity contribution in [1.82, 2.24) is 19.7 Å². The van der Waals surface area contributed by atoms with Gasteiger partial charge in [0.05, 0.1) is 16.6 Å². The van der Waals surface area contributed by atoms with E-state index < -0.39 is 0 Å². The van der Waals surface area contributed by atoms with Gasteiger partial charge in [0.1, 0.15) is 0 Å². The highest BCUT2D eigenvalue weighted by molar-refractivity contribution is 6.30. The first-order valence-corrected chi connectivity index (χ1v) is 8.67. The monoisotopic (exact) mass is 372 g/mol. The number of hydrogen-bond donors (Lipinski definition) is 2. The zero-order valence-electron chi connectivity index (χ0n) is 14.1. The lowest BCUT2D eigenvalue weighted by Gasteiger charge is -2.16. The number of aromatic nitrogens is 3. The van der Waals surface area contributed by atoms with E-state index in [0.29, 0.717) is 41.1 Å². The Kier molecular flexibility index (Phi) is 3.96. The van der Waals surface area contributed by atoms with E-state index in [4.69, 9.17) is 11.6 Å². The molecule has 1 atom stereocenters. The van der Waals surface area contributed by atoms with Crippen LogP contribution in [0, 0.1) is 5.92 Å². The number of carbonyl (C=O) groups is 1. The van der Waals surface area contributed by atoms with Crippen LogP contribution in [0.1, 0.15) is 6.42 Å². The highest BCUT2D eigenvalue weighted by atomic mass is 35.5. The minimum absolute atomic E-state index is 0.00601. The van der Waals surface area contributed by atoms with Gasteiger partial charge in [-0.3, -0.25) is 24.2 Å². The smallest absolute Gasteiger partial charge is 0.276 e. The molecule has 2 N–H and O–H groups in total. The summed E-state index contributed by atoms with van der Waals surface area (Å²) in [6, 6.07) is 8.46. The molecule has 1 aromatic carbocycles. The van der Waals surface area contributed by atoms with Gasteiger partial charge in [0.25, 0.3) is 11.1 Å². The van der Waals surface area contributed by atoms with Crippen molar-refractivity contribution in [3.8, 4) is 11.3 Å². The largest absolute Gasteiger partial charge is 0.356 e. The number of aryl methyl sites for hydroxylation is 1. The molecule has 1 fully saturated rings. The molecule has 26 heavy (non-hydrogen) atoms. The maximum atomic E-state index is 12.8. The van der Waals surface area contributed by atoms with Gasteiger partial charge >= 0.3 is 0 Å². The van der Waals surface area contributed by atoms with Crippen molar-refractivity contribution >= 4 is 28.4 Å². The van der Waals surface area contributed by atoms with Crippen LogP contribution in [0.15, 0.2) is 39.9 Å². The number of aromatic amines is 1. The average molecular weight is 373 g/mol. The van der Waals surface area contributed by atoms with E-state index in [-0.39, 0.29) is 22.9 Å². The molecule has 4 rings (SSSR count). The fourth-order valence-corrected chi connectivity index (χ4v) is 3.62. The zero-order valence-corrected chi connectivity index (χ0v) is 14.8. The Labute approximate surface area is 153 Å². The predicted molar refractivity (Wildman–Crippen MR) is 99.4 cm³/mol. The topological polar surface area (TPSA) is 88.9 Å². The normalized spacial score (nSPS) is 17.0. The molecular weight excluding hydrogens is 356 g/mol. The van der Waals surface area contributed by atoms with Crippen molar-refractivity contribution in [2.24, 2.45) is 13.0 Å². The standard InChI is InChI=1S/C18H17ClN4O3/c1-22-18(26)16-13(21-22)7-15(25)23(9-10-6-14(24)20-8-10)17(16)11-2-4-12(19)5-3-11/h2-5,7,10,21H,6,8-9H2,1H3,(H,20,24). The van der Waals surface area contributed by atoms with E-state index >= 15 is 0 Å². The molecule has 0 bridgehead atoms. The molecule has 1 unspecified atom stereocenters. The number of fused-ring (bicyclic) bond motifs is 1. The minimum atomic E-state index is -0.219. The van der Waals surface area contributed by atoms with Gasteiger partial charge in [-0.1, -0.05) is 23.7 Å². The van der Waals surface area contributed by atoms with Gasteiger partial charge in [0.2, 0.25) is 5.91 Å². The molecule has 0 spiro atoms. The number of halogens is 1. The molecule has 1 amide bonds. The molecule has 0 radical (unpaired) electrons. The summed E-state index contributed by atoms with van der Waals surface area (Å²) >= 11 is 5.99. The maximum absolute atomic E-state index is 12.8. The third kappa shape index (κ3) is 2.74. The molecule has 1 aliphatic heterocycles. The molecule has 3 aromatic rings. The van der Waals surface area contributed by atoms with Gasteiger partial charge in [-0.05, 0) is 17.7 Å². The highest BCUT2D eigenvalue weighted by Crippen LogP contribution is 2.27. The van der Waals surface area contributed by atoms with Crippen molar-refractivity contribution in [2.45, 2.75) is 13.0 Å². The van der Waals surface area contributed by atoms with E-state index in [1.54, 1.807) is 35.9 Å². The first-order valence-electron chi connectivity index (χ1n) is 8.29. The third-order valence-corrected chi connectivity index (χ3v) is 4.99. The molecule has 134 valence electrons. The molecule has 7 nitrogen and oxygen atoms in total. The van der Waals surface area contributed by atoms with Crippen molar-refractivity contribution in [3.63, 3.8) is 0 Å². The molecule has 3 heterocycles. The fraction of sp³-hybridized carbons (Fsp3) is 0.278. The van der Waals surface area contributed by atoms with Crippen molar-refractivity contribution in [3.05, 3.63) is 56.1 Å². The number of pyridine rings is 1. The van der Waals surface area contributed by atoms with Gasteiger partial charge in [0, 0.05) is 43.6 Å². The van der Waals surface area contributed by atoms with Crippen LogP contribution < -0.4 is 16.4 Å². The second-order valence-electron chi connectivity index (χ2n) is 6.59. The van der Waals surface area contributed by atoms with Gasteiger partial charge < -0.3 is 9.88 Å². The Morgan fingerprint density at radius 1 is 1.19 bits per heavy atom. The Bertz CT molecular complexity index is 1120. The van der Waals surface area contributed by atoms with Gasteiger partial charge in [-0.15, -0.1) is 0 Å². The summed E-state index contributed by atoms with van der Waals surface area (Å²) in [7, 11) is 1.61. The van der Waals surface area contributed by atoms with Gasteiger partial charge in [-0.25, -0.2) is 0 Å². The van der Waals surface area contributed by atoms with Crippen LogP contribution in [0.2, 0.25) is 5.02 Å². The lowest BCUT2D eigenvalue weighted by atomic mass is 10.0. The van der Waals surface area contributed by atoms with E-state index in [0.717, 1.165) is 5.56 Å². The summed E-state index contributed by atoms with van der Waals surface area (Å²) in [5.74, 6) is -0.0128. The summed E-state index contributed by atoms with van der Waals surface area (Å²) in [4.78, 5) is 37.0. The molecule has 0 saturated carbocycles. The van der Waals surface area contributed by atoms with E-state index in [9.17, 15) is 14.4 Å². The maximum Gasteiger partial charge on any atom is 0.276 e. The number of nitrogens with one attached hydrogen (secondary N) is 2. The molecule has 0 aliphatic carbocycles. The number of nitrogens with zero attached hydrogens (tertiary/aromatic N) is 2. The number of H-pyrrole nitrogens is 1. The minimum Gasteiger partial charge on any atom is -0.356 e. The summed E-state index contributed by atoms with van der Waals surface area (Å²) in [5.41, 5.74) is 1.34. The molecule has 1 saturated heterocycles. The quantitative estimate of drug-likeness (QED) is 0.730. The number of benzene rings is 1. The average Bonchev–Trinajstić information content (AvgIpc) is 3.13. The first-order chi connectivity index (χ1) is 12.4. The molecule has 1 aliphatic rings. The lowest BCUT2D eigenvalue weighted by molar-refractivity contribution is -0.119. The zero-order chi connectivity index (χ0) is 18.4. The van der Waals surface area contributed by atoms with Crippen LogP contribution in [-0.4, -0.2) is 26.8 Å². The first kappa shape index (κ1) is 16.7. The summed E-state index contributed by atoms with van der Waals surface area (Å²) < 4.78 is 2.94. The third-order valence-electron chi connectivity index (χ3n) is 4.74. The number of carbonyl (C=O) groups excluding carboxylic acids is 1. The van der Waals surface area contributed by atoms with Crippen LogP contribution in [0.4, 0.5) is 0 Å². The van der Waals surface area contributed by atoms with Crippen LogP contribution in [-0.2, 0) is 18.4 Å². The predicted octanol–water partition coefficient (Wildman–Crippen LogP) is 1.48.